The van der Waals surface area contributed by atoms with Gasteiger partial charge in [0.25, 0.3) is 0 Å². The number of carbonyl (C=O) groups excluding carboxylic acids is 2. The van der Waals surface area contributed by atoms with Crippen molar-refractivity contribution in [2.24, 2.45) is 5.92 Å². The molecule has 0 spiro atoms. The fourth-order valence-electron chi connectivity index (χ4n) is 2.92. The zero-order valence-electron chi connectivity index (χ0n) is 17.3. The number of halogens is 2. The molecule has 2 aromatic rings. The quantitative estimate of drug-likeness (QED) is 0.606. The summed E-state index contributed by atoms with van der Waals surface area (Å²) in [6, 6.07) is 3.27. The molecule has 1 aromatic carbocycles. The highest BCUT2D eigenvalue weighted by atomic mass is 19.1. The molecule has 1 aromatic heterocycles. The Balaban J connectivity index is 1.86. The Hall–Kier alpha value is -2.97. The molecule has 1 unspecified atom stereocenters. The lowest BCUT2D eigenvalue weighted by atomic mass is 10.0. The van der Waals surface area contributed by atoms with Gasteiger partial charge in [0.15, 0.2) is 11.7 Å². The van der Waals surface area contributed by atoms with Crippen molar-refractivity contribution in [3.8, 4) is 11.3 Å². The third-order valence-corrected chi connectivity index (χ3v) is 4.23. The Morgan fingerprint density at radius 1 is 1.23 bits per heavy atom. The summed E-state index contributed by atoms with van der Waals surface area (Å²) in [5.41, 5.74) is -0.290. The molecule has 0 aliphatic carbocycles. The van der Waals surface area contributed by atoms with Crippen molar-refractivity contribution in [3.05, 3.63) is 41.9 Å². The second-order valence-corrected chi connectivity index (χ2v) is 7.21. The van der Waals surface area contributed by atoms with Gasteiger partial charge in [-0.15, -0.1) is 0 Å². The van der Waals surface area contributed by atoms with E-state index in [1.165, 1.54) is 12.3 Å². The third-order valence-electron chi connectivity index (χ3n) is 4.23. The van der Waals surface area contributed by atoms with Gasteiger partial charge < -0.3 is 19.8 Å². The van der Waals surface area contributed by atoms with Crippen LogP contribution < -0.4 is 10.6 Å². The van der Waals surface area contributed by atoms with Crippen LogP contribution in [0, 0.1) is 17.6 Å². The predicted molar refractivity (Wildman–Crippen MR) is 107 cm³/mol. The van der Waals surface area contributed by atoms with Crippen molar-refractivity contribution in [1.82, 2.24) is 15.6 Å². The minimum Gasteiger partial charge on any atom is -0.450 e. The lowest BCUT2D eigenvalue weighted by molar-refractivity contribution is -0.121. The van der Waals surface area contributed by atoms with Crippen LogP contribution in [0.3, 0.4) is 0 Å². The van der Waals surface area contributed by atoms with Gasteiger partial charge in [-0.05, 0) is 31.4 Å². The van der Waals surface area contributed by atoms with Gasteiger partial charge in [0.1, 0.15) is 11.6 Å². The third kappa shape index (κ3) is 7.13. The Bertz CT molecular complexity index is 834. The highest BCUT2D eigenvalue weighted by Crippen LogP contribution is 2.26. The number of carbonyl (C=O) groups is 2. The van der Waals surface area contributed by atoms with Crippen molar-refractivity contribution in [3.63, 3.8) is 0 Å². The molecule has 2 N–H and O–H groups in total. The summed E-state index contributed by atoms with van der Waals surface area (Å²) in [4.78, 5) is 27.8. The first-order valence-electron chi connectivity index (χ1n) is 9.89. The van der Waals surface area contributed by atoms with Gasteiger partial charge in [-0.3, -0.25) is 4.79 Å². The van der Waals surface area contributed by atoms with Crippen molar-refractivity contribution >= 4 is 12.0 Å². The van der Waals surface area contributed by atoms with Gasteiger partial charge >= 0.3 is 6.09 Å². The molecule has 164 valence electrons. The van der Waals surface area contributed by atoms with E-state index in [0.717, 1.165) is 12.1 Å². The molecule has 0 fully saturated rings. The second-order valence-electron chi connectivity index (χ2n) is 7.21. The van der Waals surface area contributed by atoms with Crippen LogP contribution in [0.15, 0.2) is 28.8 Å². The zero-order valence-corrected chi connectivity index (χ0v) is 17.3. The maximum atomic E-state index is 13.8. The van der Waals surface area contributed by atoms with Gasteiger partial charge in [-0.2, -0.15) is 0 Å². The predicted octanol–water partition coefficient (Wildman–Crippen LogP) is 3.83. The summed E-state index contributed by atoms with van der Waals surface area (Å²) >= 11 is 0. The Morgan fingerprint density at radius 3 is 2.57 bits per heavy atom. The van der Waals surface area contributed by atoms with E-state index in [-0.39, 0.29) is 55.2 Å². The van der Waals surface area contributed by atoms with E-state index in [4.69, 9.17) is 9.15 Å². The number of nitrogens with one attached hydrogen (secondary N) is 2. The molecule has 0 saturated heterocycles. The van der Waals surface area contributed by atoms with E-state index in [1.807, 2.05) is 13.8 Å². The van der Waals surface area contributed by atoms with Gasteiger partial charge in [-0.1, -0.05) is 19.9 Å². The fraction of sp³-hybridized carbons (Fsp3) is 0.476. The van der Waals surface area contributed by atoms with Crippen LogP contribution in [0.25, 0.3) is 11.3 Å². The van der Waals surface area contributed by atoms with E-state index in [1.54, 1.807) is 6.92 Å². The van der Waals surface area contributed by atoms with E-state index in [2.05, 4.69) is 15.6 Å². The molecule has 1 atom stereocenters. The van der Waals surface area contributed by atoms with Crippen molar-refractivity contribution in [2.45, 2.75) is 46.1 Å². The lowest BCUT2D eigenvalue weighted by Crippen LogP contribution is -2.44. The fourth-order valence-corrected chi connectivity index (χ4v) is 2.92. The van der Waals surface area contributed by atoms with Crippen molar-refractivity contribution < 1.29 is 27.5 Å². The van der Waals surface area contributed by atoms with E-state index in [0.29, 0.717) is 12.3 Å². The number of oxazole rings is 1. The first kappa shape index (κ1) is 23.3. The van der Waals surface area contributed by atoms with Crippen LogP contribution in [-0.2, 0) is 16.0 Å². The molecule has 0 aliphatic heterocycles. The van der Waals surface area contributed by atoms with E-state index in [9.17, 15) is 18.4 Å². The number of rotatable bonds is 10. The van der Waals surface area contributed by atoms with Crippen molar-refractivity contribution in [2.75, 3.05) is 13.2 Å². The van der Waals surface area contributed by atoms with Crippen LogP contribution in [-0.4, -0.2) is 36.2 Å². The first-order valence-corrected chi connectivity index (χ1v) is 9.89. The highest BCUT2D eigenvalue weighted by molar-refractivity contribution is 5.76. The molecule has 0 radical (unpaired) electrons. The van der Waals surface area contributed by atoms with Crippen LogP contribution in [0.1, 0.15) is 39.5 Å². The molecule has 7 nitrogen and oxygen atoms in total. The molecule has 0 saturated carbocycles. The molecular formula is C21H27F2N3O4. The molecule has 9 heteroatoms. The summed E-state index contributed by atoms with van der Waals surface area (Å²) in [6.07, 6.45) is 1.63. The maximum absolute atomic E-state index is 13.8. The topological polar surface area (TPSA) is 93.5 Å². The summed E-state index contributed by atoms with van der Waals surface area (Å²) in [6.45, 7) is 6.27. The van der Waals surface area contributed by atoms with Crippen LogP contribution in [0.5, 0.6) is 0 Å². The molecule has 0 bridgehead atoms. The standard InChI is InChI=1S/C21H27F2N3O4/c1-4-29-21(28)26-14(10-13(2)3)11-24-18(27)8-9-19-25-12-17(30-19)20-15(22)6-5-7-16(20)23/h5-7,12-14H,4,8-11H2,1-3H3,(H,24,27)(H,26,28). The SMILES string of the molecule is CCOC(=O)NC(CNC(=O)CCc1ncc(-c2c(F)cccc2F)o1)CC(C)C. The van der Waals surface area contributed by atoms with Crippen LogP contribution in [0.2, 0.25) is 0 Å². The summed E-state index contributed by atoms with van der Waals surface area (Å²) in [7, 11) is 0. The Kier molecular flexibility index (Phi) is 8.76. The van der Waals surface area contributed by atoms with Gasteiger partial charge in [-0.25, -0.2) is 18.6 Å². The summed E-state index contributed by atoms with van der Waals surface area (Å²) < 4.78 is 37.9. The molecule has 2 rings (SSSR count). The van der Waals surface area contributed by atoms with Crippen LogP contribution >= 0.6 is 0 Å². The molecule has 30 heavy (non-hydrogen) atoms. The molecular weight excluding hydrogens is 396 g/mol. The maximum Gasteiger partial charge on any atom is 0.407 e. The number of nitrogens with zero attached hydrogens (tertiary/aromatic N) is 1. The number of ether oxygens (including phenoxy) is 1. The number of aryl methyl sites for hydroxylation is 1. The summed E-state index contributed by atoms with van der Waals surface area (Å²) in [5, 5.41) is 5.50. The van der Waals surface area contributed by atoms with E-state index >= 15 is 0 Å². The number of hydrogen-bond donors (Lipinski definition) is 2. The van der Waals surface area contributed by atoms with E-state index < -0.39 is 17.7 Å². The number of amides is 2. The monoisotopic (exact) mass is 423 g/mol. The van der Waals surface area contributed by atoms with Crippen LogP contribution in [0.4, 0.5) is 13.6 Å². The normalized spacial score (nSPS) is 11.9. The second kappa shape index (κ2) is 11.3. The first-order chi connectivity index (χ1) is 14.3. The van der Waals surface area contributed by atoms with Gasteiger partial charge in [0, 0.05) is 25.4 Å². The largest absolute Gasteiger partial charge is 0.450 e. The minimum absolute atomic E-state index is 0.0309. The van der Waals surface area contributed by atoms with Crippen molar-refractivity contribution in [1.29, 1.82) is 0 Å². The molecule has 1 heterocycles. The summed E-state index contributed by atoms with van der Waals surface area (Å²) in [5.74, 6) is -1.27. The number of benzene rings is 1. The Labute approximate surface area is 174 Å². The smallest absolute Gasteiger partial charge is 0.407 e. The van der Waals surface area contributed by atoms with Gasteiger partial charge in [0.05, 0.1) is 18.4 Å². The number of aromatic nitrogens is 1. The average Bonchev–Trinajstić information content (AvgIpc) is 3.12. The number of hydrogen-bond acceptors (Lipinski definition) is 5. The number of alkyl carbamates (subject to hydrolysis) is 1. The zero-order chi connectivity index (χ0) is 22.1. The molecule has 0 aliphatic rings. The average molecular weight is 423 g/mol. The Morgan fingerprint density at radius 2 is 1.93 bits per heavy atom. The highest BCUT2D eigenvalue weighted by Gasteiger charge is 2.18. The minimum atomic E-state index is -0.749. The van der Waals surface area contributed by atoms with Gasteiger partial charge in [0.2, 0.25) is 5.91 Å². The lowest BCUT2D eigenvalue weighted by Gasteiger charge is -2.20. The molecule has 2 amide bonds.